The Morgan fingerprint density at radius 2 is 2.00 bits per heavy atom. The third-order valence-corrected chi connectivity index (χ3v) is 4.53. The molecule has 0 aliphatic heterocycles. The molecule has 0 radical (unpaired) electrons. The molecule has 1 amide bonds. The van der Waals surface area contributed by atoms with Crippen molar-refractivity contribution in [2.75, 3.05) is 5.32 Å². The Morgan fingerprint density at radius 3 is 2.57 bits per heavy atom. The molecule has 0 aliphatic rings. The smallest absolute Gasteiger partial charge is 0.351 e. The second-order valence-corrected chi connectivity index (χ2v) is 6.86. The van der Waals surface area contributed by atoms with Gasteiger partial charge in [-0.1, -0.05) is 23.2 Å². The van der Waals surface area contributed by atoms with Crippen molar-refractivity contribution in [2.45, 2.75) is 26.9 Å². The largest absolute Gasteiger partial charge is 0.448 e. The molecule has 0 fully saturated rings. The van der Waals surface area contributed by atoms with Gasteiger partial charge in [-0.15, -0.1) is 11.3 Å². The van der Waals surface area contributed by atoms with Crippen LogP contribution in [0.3, 0.4) is 0 Å². The predicted molar refractivity (Wildman–Crippen MR) is 91.6 cm³/mol. The molecule has 0 aliphatic carbocycles. The van der Waals surface area contributed by atoms with Crippen molar-refractivity contribution >= 4 is 52.1 Å². The number of carbonyl (C=O) groups excluding carboxylic acids is 2. The molecular weight excluding hydrogens is 359 g/mol. The number of esters is 1. The minimum absolute atomic E-state index is 0.304. The van der Waals surface area contributed by atoms with Crippen molar-refractivity contribution in [2.24, 2.45) is 0 Å². The molecule has 1 aromatic heterocycles. The summed E-state index contributed by atoms with van der Waals surface area (Å²) in [6, 6.07) is 4.69. The van der Waals surface area contributed by atoms with E-state index in [4.69, 9.17) is 27.9 Å². The Kier molecular flexibility index (Phi) is 5.62. The normalized spacial score (nSPS) is 11.9. The van der Waals surface area contributed by atoms with Crippen LogP contribution in [0, 0.1) is 13.8 Å². The molecule has 5 nitrogen and oxygen atoms in total. The van der Waals surface area contributed by atoms with Gasteiger partial charge in [-0.05, 0) is 39.0 Å². The molecule has 0 bridgehead atoms. The quantitative estimate of drug-likeness (QED) is 0.814. The summed E-state index contributed by atoms with van der Waals surface area (Å²) in [5.74, 6) is -1.06. The van der Waals surface area contributed by atoms with Gasteiger partial charge in [-0.2, -0.15) is 0 Å². The van der Waals surface area contributed by atoms with Crippen LogP contribution in [0.4, 0.5) is 5.69 Å². The van der Waals surface area contributed by atoms with Crippen molar-refractivity contribution < 1.29 is 14.3 Å². The van der Waals surface area contributed by atoms with Crippen LogP contribution >= 0.6 is 34.5 Å². The lowest BCUT2D eigenvalue weighted by Crippen LogP contribution is -2.30. The van der Waals surface area contributed by atoms with E-state index < -0.39 is 18.0 Å². The number of anilines is 1. The number of rotatable bonds is 4. The third kappa shape index (κ3) is 4.43. The number of ether oxygens (including phenoxy) is 1. The van der Waals surface area contributed by atoms with E-state index in [1.54, 1.807) is 26.0 Å². The van der Waals surface area contributed by atoms with Gasteiger partial charge in [0.2, 0.25) is 0 Å². The highest BCUT2D eigenvalue weighted by atomic mass is 35.5. The number of nitrogens with one attached hydrogen (secondary N) is 1. The van der Waals surface area contributed by atoms with E-state index in [9.17, 15) is 9.59 Å². The average molecular weight is 373 g/mol. The fourth-order valence-corrected chi connectivity index (χ4v) is 3.07. The van der Waals surface area contributed by atoms with Crippen molar-refractivity contribution in [1.82, 2.24) is 4.98 Å². The van der Waals surface area contributed by atoms with E-state index in [0.29, 0.717) is 26.3 Å². The number of nitrogens with zero attached hydrogens (tertiary/aromatic N) is 1. The zero-order valence-electron chi connectivity index (χ0n) is 12.6. The Morgan fingerprint density at radius 1 is 1.30 bits per heavy atom. The first kappa shape index (κ1) is 17.7. The van der Waals surface area contributed by atoms with Crippen LogP contribution in [0.1, 0.15) is 27.3 Å². The first-order valence-corrected chi connectivity index (χ1v) is 8.26. The van der Waals surface area contributed by atoms with E-state index in [2.05, 4.69) is 10.3 Å². The number of aromatic nitrogens is 1. The van der Waals surface area contributed by atoms with Crippen LogP contribution in [0.25, 0.3) is 0 Å². The monoisotopic (exact) mass is 372 g/mol. The van der Waals surface area contributed by atoms with Crippen molar-refractivity contribution in [1.29, 1.82) is 0 Å². The van der Waals surface area contributed by atoms with Crippen LogP contribution in [0.5, 0.6) is 0 Å². The van der Waals surface area contributed by atoms with E-state index in [1.807, 2.05) is 0 Å². The van der Waals surface area contributed by atoms with Crippen molar-refractivity contribution in [3.05, 3.63) is 43.8 Å². The summed E-state index contributed by atoms with van der Waals surface area (Å²) in [6.45, 7) is 5.01. The average Bonchev–Trinajstić information content (AvgIpc) is 2.80. The first-order chi connectivity index (χ1) is 10.8. The topological polar surface area (TPSA) is 68.3 Å². The molecule has 1 heterocycles. The number of carbonyl (C=O) groups is 2. The first-order valence-electron chi connectivity index (χ1n) is 6.69. The maximum atomic E-state index is 12.1. The Labute approximate surface area is 147 Å². The van der Waals surface area contributed by atoms with Gasteiger partial charge >= 0.3 is 5.97 Å². The molecule has 122 valence electrons. The zero-order chi connectivity index (χ0) is 17.1. The molecule has 0 unspecified atom stereocenters. The van der Waals surface area contributed by atoms with Crippen molar-refractivity contribution in [3.63, 3.8) is 0 Å². The van der Waals surface area contributed by atoms with E-state index >= 15 is 0 Å². The van der Waals surface area contributed by atoms with Crippen LogP contribution < -0.4 is 5.32 Å². The second kappa shape index (κ2) is 7.29. The SMILES string of the molecule is Cc1nc(C)c(C(=O)O[C@H](C)C(=O)Nc2ccc(Cl)cc2Cl)s1. The molecular formula is C15H14Cl2N2O3S. The van der Waals surface area contributed by atoms with Gasteiger partial charge in [0.15, 0.2) is 6.10 Å². The number of amides is 1. The molecule has 0 saturated carbocycles. The molecule has 0 saturated heterocycles. The highest BCUT2D eigenvalue weighted by molar-refractivity contribution is 7.13. The molecule has 1 N–H and O–H groups in total. The number of aryl methyl sites for hydroxylation is 2. The number of benzene rings is 1. The molecule has 23 heavy (non-hydrogen) atoms. The summed E-state index contributed by atoms with van der Waals surface area (Å²) < 4.78 is 5.18. The summed E-state index contributed by atoms with van der Waals surface area (Å²) in [4.78, 5) is 28.8. The molecule has 1 atom stereocenters. The highest BCUT2D eigenvalue weighted by Gasteiger charge is 2.22. The standard InChI is InChI=1S/C15H14Cl2N2O3S/c1-7-13(23-9(3)18-7)15(21)22-8(2)14(20)19-12-5-4-10(16)6-11(12)17/h4-6,8H,1-3H3,(H,19,20)/t8-/m1/s1. The molecule has 1 aromatic carbocycles. The number of thiazole rings is 1. The minimum Gasteiger partial charge on any atom is -0.448 e. The summed E-state index contributed by atoms with van der Waals surface area (Å²) >= 11 is 13.0. The highest BCUT2D eigenvalue weighted by Crippen LogP contribution is 2.25. The Bertz CT molecular complexity index is 761. The molecule has 8 heteroatoms. The maximum Gasteiger partial charge on any atom is 0.351 e. The summed E-state index contributed by atoms with van der Waals surface area (Å²) in [5.41, 5.74) is 0.986. The summed E-state index contributed by atoms with van der Waals surface area (Å²) in [5, 5.41) is 4.12. The summed E-state index contributed by atoms with van der Waals surface area (Å²) in [6.07, 6.45) is -0.976. The minimum atomic E-state index is -0.976. The number of hydrogen-bond acceptors (Lipinski definition) is 5. The fourth-order valence-electron chi connectivity index (χ4n) is 1.81. The van der Waals surface area contributed by atoms with Crippen LogP contribution in [-0.2, 0) is 9.53 Å². The third-order valence-electron chi connectivity index (χ3n) is 2.93. The number of halogens is 2. The molecule has 2 aromatic rings. The predicted octanol–water partition coefficient (Wildman–Crippen LogP) is 4.25. The van der Waals surface area contributed by atoms with Gasteiger partial charge in [-0.25, -0.2) is 9.78 Å². The number of hydrogen-bond donors (Lipinski definition) is 1. The lowest BCUT2D eigenvalue weighted by Gasteiger charge is -2.14. The maximum absolute atomic E-state index is 12.1. The van der Waals surface area contributed by atoms with Gasteiger partial charge in [0.25, 0.3) is 5.91 Å². The van der Waals surface area contributed by atoms with Crippen LogP contribution in [0.15, 0.2) is 18.2 Å². The molecule has 2 rings (SSSR count). The zero-order valence-corrected chi connectivity index (χ0v) is 15.0. The lowest BCUT2D eigenvalue weighted by atomic mass is 10.3. The summed E-state index contributed by atoms with van der Waals surface area (Å²) in [7, 11) is 0. The lowest BCUT2D eigenvalue weighted by molar-refractivity contribution is -0.123. The second-order valence-electron chi connectivity index (χ2n) is 4.81. The molecule has 0 spiro atoms. The van der Waals surface area contributed by atoms with Crippen LogP contribution in [-0.4, -0.2) is 23.0 Å². The Balaban J connectivity index is 2.02. The Hall–Kier alpha value is -1.63. The van der Waals surface area contributed by atoms with E-state index in [1.165, 1.54) is 24.3 Å². The van der Waals surface area contributed by atoms with Gasteiger partial charge in [-0.3, -0.25) is 4.79 Å². The van der Waals surface area contributed by atoms with Gasteiger partial charge < -0.3 is 10.1 Å². The van der Waals surface area contributed by atoms with Gasteiger partial charge in [0.1, 0.15) is 4.88 Å². The van der Waals surface area contributed by atoms with E-state index in [0.717, 1.165) is 5.01 Å². The fraction of sp³-hybridized carbons (Fsp3) is 0.267. The van der Waals surface area contributed by atoms with E-state index in [-0.39, 0.29) is 0 Å². The van der Waals surface area contributed by atoms with Gasteiger partial charge in [0.05, 0.1) is 21.4 Å². The van der Waals surface area contributed by atoms with Crippen molar-refractivity contribution in [3.8, 4) is 0 Å². The van der Waals surface area contributed by atoms with Crippen LogP contribution in [0.2, 0.25) is 10.0 Å². The van der Waals surface area contributed by atoms with Gasteiger partial charge in [0, 0.05) is 5.02 Å².